The van der Waals surface area contributed by atoms with Crippen molar-refractivity contribution in [2.75, 3.05) is 4.90 Å². The molecule has 228 valence electrons. The molecule has 0 heterocycles. The zero-order valence-electron chi connectivity index (χ0n) is 26.9. The van der Waals surface area contributed by atoms with Gasteiger partial charge in [-0.1, -0.05) is 163 Å². The van der Waals surface area contributed by atoms with Gasteiger partial charge in [0, 0.05) is 17.1 Å². The van der Waals surface area contributed by atoms with Crippen LogP contribution in [0, 0.1) is 6.92 Å². The van der Waals surface area contributed by atoms with Crippen molar-refractivity contribution in [1.82, 2.24) is 0 Å². The van der Waals surface area contributed by atoms with Crippen molar-refractivity contribution in [1.29, 1.82) is 0 Å². The largest absolute Gasteiger partial charge is 0.311 e. The maximum absolute atomic E-state index is 2.34. The first-order valence-corrected chi connectivity index (χ1v) is 16.5. The van der Waals surface area contributed by atoms with Gasteiger partial charge >= 0.3 is 0 Å². The van der Waals surface area contributed by atoms with Gasteiger partial charge in [0.05, 0.1) is 0 Å². The molecule has 1 nitrogen and oxygen atoms in total. The number of nitrogens with zero attached hydrogens (tertiary/aromatic N) is 1. The Morgan fingerprint density at radius 1 is 0.292 bits per heavy atom. The molecule has 0 atom stereocenters. The molecule has 0 bridgehead atoms. The number of aryl methyl sites for hydroxylation is 1. The summed E-state index contributed by atoms with van der Waals surface area (Å²) in [4.78, 5) is 2.34. The fourth-order valence-electron chi connectivity index (χ4n) is 6.66. The van der Waals surface area contributed by atoms with Crippen LogP contribution in [-0.2, 0) is 0 Å². The molecule has 8 rings (SSSR count). The minimum atomic E-state index is 1.11. The summed E-state index contributed by atoms with van der Waals surface area (Å²) in [5.41, 5.74) is 14.4. The second kappa shape index (κ2) is 12.9. The average molecular weight is 614 g/mol. The SMILES string of the molecule is Cc1ccc(-c2cccc3cccc(-c4ccc(N(c5ccc(-c6ccccc6)cc5)c5ccc(-c6ccccc6)cc5)cc4)c23)cc1. The molecular formula is C47H35N. The number of anilines is 3. The number of hydrogen-bond donors (Lipinski definition) is 0. The van der Waals surface area contributed by atoms with E-state index in [0.717, 1.165) is 17.1 Å². The Balaban J connectivity index is 1.20. The molecule has 0 aromatic heterocycles. The summed E-state index contributed by atoms with van der Waals surface area (Å²) >= 11 is 0. The maximum atomic E-state index is 2.34. The van der Waals surface area contributed by atoms with E-state index in [1.165, 1.54) is 60.8 Å². The first-order chi connectivity index (χ1) is 23.7. The number of rotatable bonds is 7. The van der Waals surface area contributed by atoms with Crippen molar-refractivity contribution < 1.29 is 0 Å². The fourth-order valence-corrected chi connectivity index (χ4v) is 6.66. The lowest BCUT2D eigenvalue weighted by atomic mass is 9.91. The third kappa shape index (κ3) is 5.79. The zero-order valence-corrected chi connectivity index (χ0v) is 26.9. The summed E-state index contributed by atoms with van der Waals surface area (Å²) in [5, 5.41) is 2.52. The van der Waals surface area contributed by atoms with Crippen LogP contribution in [0.2, 0.25) is 0 Å². The Labute approximate surface area is 283 Å². The topological polar surface area (TPSA) is 3.24 Å². The molecule has 0 radical (unpaired) electrons. The van der Waals surface area contributed by atoms with Crippen molar-refractivity contribution in [3.8, 4) is 44.5 Å². The molecule has 0 spiro atoms. The molecule has 8 aromatic carbocycles. The summed E-state index contributed by atoms with van der Waals surface area (Å²) in [7, 11) is 0. The highest BCUT2D eigenvalue weighted by atomic mass is 15.1. The molecule has 0 saturated heterocycles. The monoisotopic (exact) mass is 613 g/mol. The summed E-state index contributed by atoms with van der Waals surface area (Å²) in [6, 6.07) is 70.0. The van der Waals surface area contributed by atoms with E-state index in [9.17, 15) is 0 Å². The van der Waals surface area contributed by atoms with E-state index in [-0.39, 0.29) is 0 Å². The van der Waals surface area contributed by atoms with Crippen LogP contribution in [-0.4, -0.2) is 0 Å². The Morgan fingerprint density at radius 2 is 0.646 bits per heavy atom. The van der Waals surface area contributed by atoms with Crippen molar-refractivity contribution in [2.24, 2.45) is 0 Å². The van der Waals surface area contributed by atoms with E-state index < -0.39 is 0 Å². The first kappa shape index (κ1) is 29.2. The summed E-state index contributed by atoms with van der Waals surface area (Å²) in [5.74, 6) is 0. The van der Waals surface area contributed by atoms with E-state index in [0.29, 0.717) is 0 Å². The van der Waals surface area contributed by atoms with Crippen LogP contribution < -0.4 is 4.90 Å². The lowest BCUT2D eigenvalue weighted by molar-refractivity contribution is 1.28. The molecule has 1 heteroatoms. The highest BCUT2D eigenvalue weighted by Crippen LogP contribution is 2.40. The summed E-state index contributed by atoms with van der Waals surface area (Å²) in [6.45, 7) is 2.14. The van der Waals surface area contributed by atoms with E-state index in [2.05, 4.69) is 206 Å². The lowest BCUT2D eigenvalue weighted by Crippen LogP contribution is -2.09. The normalized spacial score (nSPS) is 11.0. The van der Waals surface area contributed by atoms with Crippen LogP contribution in [0.1, 0.15) is 5.56 Å². The molecule has 0 fully saturated rings. The van der Waals surface area contributed by atoms with E-state index in [1.807, 2.05) is 0 Å². The van der Waals surface area contributed by atoms with Crippen molar-refractivity contribution in [2.45, 2.75) is 6.92 Å². The van der Waals surface area contributed by atoms with E-state index in [1.54, 1.807) is 0 Å². The van der Waals surface area contributed by atoms with Crippen LogP contribution in [0.4, 0.5) is 17.1 Å². The van der Waals surface area contributed by atoms with Crippen molar-refractivity contribution >= 4 is 27.8 Å². The minimum Gasteiger partial charge on any atom is -0.311 e. The molecule has 0 saturated carbocycles. The predicted octanol–water partition coefficient (Wildman–Crippen LogP) is 13.3. The average Bonchev–Trinajstić information content (AvgIpc) is 3.16. The highest BCUT2D eigenvalue weighted by molar-refractivity contribution is 6.06. The minimum absolute atomic E-state index is 1.11. The Bertz CT molecular complexity index is 2200. The summed E-state index contributed by atoms with van der Waals surface area (Å²) in [6.07, 6.45) is 0. The second-order valence-corrected chi connectivity index (χ2v) is 12.3. The van der Waals surface area contributed by atoms with Gasteiger partial charge in [-0.05, 0) is 98.6 Å². The smallest absolute Gasteiger partial charge is 0.0462 e. The molecular weight excluding hydrogens is 579 g/mol. The van der Waals surface area contributed by atoms with Gasteiger partial charge in [-0.15, -0.1) is 0 Å². The molecule has 0 unspecified atom stereocenters. The quantitative estimate of drug-likeness (QED) is 0.173. The molecule has 0 amide bonds. The van der Waals surface area contributed by atoms with Crippen molar-refractivity contribution in [3.63, 3.8) is 0 Å². The van der Waals surface area contributed by atoms with Crippen LogP contribution in [0.15, 0.2) is 194 Å². The lowest BCUT2D eigenvalue weighted by Gasteiger charge is -2.26. The molecule has 0 aliphatic rings. The van der Waals surface area contributed by atoms with Gasteiger partial charge in [0.1, 0.15) is 0 Å². The number of hydrogen-bond acceptors (Lipinski definition) is 1. The van der Waals surface area contributed by atoms with Crippen LogP contribution in [0.25, 0.3) is 55.3 Å². The van der Waals surface area contributed by atoms with Gasteiger partial charge < -0.3 is 4.90 Å². The van der Waals surface area contributed by atoms with Gasteiger partial charge in [-0.25, -0.2) is 0 Å². The Morgan fingerprint density at radius 3 is 1.06 bits per heavy atom. The van der Waals surface area contributed by atoms with Crippen molar-refractivity contribution in [3.05, 3.63) is 200 Å². The highest BCUT2D eigenvalue weighted by Gasteiger charge is 2.15. The van der Waals surface area contributed by atoms with Gasteiger partial charge in [-0.2, -0.15) is 0 Å². The first-order valence-electron chi connectivity index (χ1n) is 16.5. The fraction of sp³-hybridized carbons (Fsp3) is 0.0213. The van der Waals surface area contributed by atoms with E-state index in [4.69, 9.17) is 0 Å². The second-order valence-electron chi connectivity index (χ2n) is 12.3. The molecule has 0 N–H and O–H groups in total. The van der Waals surface area contributed by atoms with Gasteiger partial charge in [0.25, 0.3) is 0 Å². The van der Waals surface area contributed by atoms with Crippen LogP contribution in [0.3, 0.4) is 0 Å². The summed E-state index contributed by atoms with van der Waals surface area (Å²) < 4.78 is 0. The molecule has 0 aliphatic carbocycles. The van der Waals surface area contributed by atoms with Crippen LogP contribution >= 0.6 is 0 Å². The standard InChI is InChI=1S/C47H35N/c1-34-18-20-39(21-19-34)45-16-8-14-41-15-9-17-46(47(41)45)40-26-32-44(33-27-40)48(42-28-22-37(23-29-42)35-10-4-2-5-11-35)43-30-24-38(25-31-43)36-12-6-3-7-13-36/h2-33H,1H3. The molecule has 8 aromatic rings. The number of fused-ring (bicyclic) bond motifs is 1. The third-order valence-corrected chi connectivity index (χ3v) is 9.17. The van der Waals surface area contributed by atoms with Gasteiger partial charge in [-0.3, -0.25) is 0 Å². The van der Waals surface area contributed by atoms with Gasteiger partial charge in [0.2, 0.25) is 0 Å². The number of benzene rings is 8. The van der Waals surface area contributed by atoms with E-state index >= 15 is 0 Å². The third-order valence-electron chi connectivity index (χ3n) is 9.17. The Kier molecular flexibility index (Phi) is 7.86. The molecule has 48 heavy (non-hydrogen) atoms. The van der Waals surface area contributed by atoms with Crippen LogP contribution in [0.5, 0.6) is 0 Å². The maximum Gasteiger partial charge on any atom is 0.0462 e. The Hall–Kier alpha value is -6.18. The molecule has 0 aliphatic heterocycles. The predicted molar refractivity (Wildman–Crippen MR) is 205 cm³/mol. The zero-order chi connectivity index (χ0) is 32.3. The van der Waals surface area contributed by atoms with Gasteiger partial charge in [0.15, 0.2) is 0 Å².